The van der Waals surface area contributed by atoms with Crippen molar-refractivity contribution >= 4 is 0 Å². The van der Waals surface area contributed by atoms with Crippen LogP contribution in [0.3, 0.4) is 0 Å². The van der Waals surface area contributed by atoms with Gasteiger partial charge in [-0.1, -0.05) is 0 Å². The van der Waals surface area contributed by atoms with Gasteiger partial charge in [0.1, 0.15) is 5.82 Å². The van der Waals surface area contributed by atoms with E-state index in [4.69, 9.17) is 0 Å². The highest BCUT2D eigenvalue weighted by molar-refractivity contribution is 5.10. The van der Waals surface area contributed by atoms with Crippen LogP contribution in [-0.4, -0.2) is 37.8 Å². The lowest BCUT2D eigenvalue weighted by molar-refractivity contribution is -0.141. The zero-order chi connectivity index (χ0) is 16.6. The van der Waals surface area contributed by atoms with E-state index >= 15 is 0 Å². The highest BCUT2D eigenvalue weighted by Gasteiger charge is 2.35. The third-order valence-electron chi connectivity index (χ3n) is 4.16. The van der Waals surface area contributed by atoms with Crippen molar-refractivity contribution in [3.63, 3.8) is 0 Å². The number of nitrogens with zero attached hydrogens (tertiary/aromatic N) is 5. The van der Waals surface area contributed by atoms with E-state index in [1.807, 2.05) is 26.5 Å². The number of fused-ring (bicyclic) bond motifs is 1. The summed E-state index contributed by atoms with van der Waals surface area (Å²) in [5, 5.41) is 4.14. The summed E-state index contributed by atoms with van der Waals surface area (Å²) in [7, 11) is 3.90. The molecule has 0 amide bonds. The smallest absolute Gasteiger partial charge is 0.334 e. The number of aryl methyl sites for hydroxylation is 2. The minimum absolute atomic E-state index is 0.333. The van der Waals surface area contributed by atoms with Gasteiger partial charge in [-0.05, 0) is 19.4 Å². The van der Waals surface area contributed by atoms with Gasteiger partial charge in [-0.3, -0.25) is 4.68 Å². The van der Waals surface area contributed by atoms with Crippen molar-refractivity contribution in [2.24, 2.45) is 13.0 Å². The van der Waals surface area contributed by atoms with Crippen LogP contribution in [0.1, 0.15) is 23.5 Å². The molecule has 0 N–H and O–H groups in total. The fourth-order valence-corrected chi connectivity index (χ4v) is 3.17. The maximum atomic E-state index is 12.7. The molecule has 0 spiro atoms. The zero-order valence-corrected chi connectivity index (χ0v) is 13.2. The summed E-state index contributed by atoms with van der Waals surface area (Å²) in [6.07, 6.45) is 2.05. The molecule has 2 aromatic rings. The molecule has 0 fully saturated rings. The van der Waals surface area contributed by atoms with Gasteiger partial charge in [0.25, 0.3) is 0 Å². The SMILES string of the molecule is CN(Cc1cnn(C)c1)C[C@@H]1CCc2nc(C(F)(F)F)cn2C1. The first kappa shape index (κ1) is 16.0. The molecule has 3 rings (SSSR count). The lowest BCUT2D eigenvalue weighted by Crippen LogP contribution is -2.31. The summed E-state index contributed by atoms with van der Waals surface area (Å²) in [5.74, 6) is 0.878. The third-order valence-corrected chi connectivity index (χ3v) is 4.16. The average molecular weight is 327 g/mol. The molecular weight excluding hydrogens is 307 g/mol. The van der Waals surface area contributed by atoms with Crippen molar-refractivity contribution < 1.29 is 13.2 Å². The molecule has 2 aromatic heterocycles. The van der Waals surface area contributed by atoms with E-state index in [1.54, 1.807) is 9.25 Å². The van der Waals surface area contributed by atoms with Crippen LogP contribution in [0.25, 0.3) is 0 Å². The number of rotatable bonds is 4. The molecule has 1 atom stereocenters. The molecule has 126 valence electrons. The second-order valence-corrected chi connectivity index (χ2v) is 6.32. The standard InChI is InChI=1S/C15H20F3N5/c1-21(7-12-5-19-22(2)8-12)6-11-3-4-14-20-13(15(16,17)18)10-23(14)9-11/h5,8,10-11H,3-4,6-7,9H2,1-2H3/t11-/m0/s1. The molecule has 0 bridgehead atoms. The van der Waals surface area contributed by atoms with Crippen LogP contribution >= 0.6 is 0 Å². The van der Waals surface area contributed by atoms with Gasteiger partial charge in [0, 0.05) is 51.1 Å². The van der Waals surface area contributed by atoms with Crippen LogP contribution in [0.5, 0.6) is 0 Å². The Bertz CT molecular complexity index is 673. The summed E-state index contributed by atoms with van der Waals surface area (Å²) in [4.78, 5) is 5.91. The van der Waals surface area contributed by atoms with Gasteiger partial charge >= 0.3 is 6.18 Å². The van der Waals surface area contributed by atoms with Crippen LogP contribution in [0, 0.1) is 5.92 Å². The molecule has 3 heterocycles. The predicted octanol–water partition coefficient (Wildman–Crippen LogP) is 2.33. The Balaban J connectivity index is 1.59. The van der Waals surface area contributed by atoms with Gasteiger partial charge in [-0.25, -0.2) is 4.98 Å². The average Bonchev–Trinajstić information content (AvgIpc) is 3.04. The molecule has 0 aromatic carbocycles. The van der Waals surface area contributed by atoms with E-state index in [0.29, 0.717) is 24.7 Å². The highest BCUT2D eigenvalue weighted by atomic mass is 19.4. The van der Waals surface area contributed by atoms with E-state index in [9.17, 15) is 13.2 Å². The highest BCUT2D eigenvalue weighted by Crippen LogP contribution is 2.30. The minimum Gasteiger partial charge on any atom is -0.334 e. The summed E-state index contributed by atoms with van der Waals surface area (Å²) >= 11 is 0. The quantitative estimate of drug-likeness (QED) is 0.865. The molecule has 0 unspecified atom stereocenters. The molecule has 5 nitrogen and oxygen atoms in total. The molecule has 8 heteroatoms. The van der Waals surface area contributed by atoms with Gasteiger partial charge < -0.3 is 9.47 Å². The topological polar surface area (TPSA) is 38.9 Å². The summed E-state index contributed by atoms with van der Waals surface area (Å²) in [6, 6.07) is 0. The number of hydrogen-bond acceptors (Lipinski definition) is 3. The van der Waals surface area contributed by atoms with Crippen LogP contribution < -0.4 is 0 Å². The van der Waals surface area contributed by atoms with E-state index in [1.165, 1.54) is 0 Å². The molecule has 0 saturated carbocycles. The Morgan fingerprint density at radius 1 is 1.35 bits per heavy atom. The van der Waals surface area contributed by atoms with Crippen LogP contribution in [-0.2, 0) is 32.7 Å². The third kappa shape index (κ3) is 3.74. The lowest BCUT2D eigenvalue weighted by atomic mass is 9.99. The fraction of sp³-hybridized carbons (Fsp3) is 0.600. The number of imidazole rings is 1. The van der Waals surface area contributed by atoms with Gasteiger partial charge in [-0.2, -0.15) is 18.3 Å². The monoisotopic (exact) mass is 327 g/mol. The van der Waals surface area contributed by atoms with Crippen molar-refractivity contribution in [3.05, 3.63) is 35.7 Å². The molecule has 23 heavy (non-hydrogen) atoms. The maximum absolute atomic E-state index is 12.7. The first-order valence-corrected chi connectivity index (χ1v) is 7.60. The van der Waals surface area contributed by atoms with Crippen molar-refractivity contribution in [3.8, 4) is 0 Å². The number of alkyl halides is 3. The number of halogens is 3. The Morgan fingerprint density at radius 2 is 2.13 bits per heavy atom. The van der Waals surface area contributed by atoms with Gasteiger partial charge in [0.2, 0.25) is 0 Å². The Kier molecular flexibility index (Phi) is 4.18. The van der Waals surface area contributed by atoms with Crippen LogP contribution in [0.4, 0.5) is 13.2 Å². The van der Waals surface area contributed by atoms with E-state index < -0.39 is 11.9 Å². The van der Waals surface area contributed by atoms with Crippen molar-refractivity contribution in [2.75, 3.05) is 13.6 Å². The van der Waals surface area contributed by atoms with E-state index in [0.717, 1.165) is 31.3 Å². The lowest BCUT2D eigenvalue weighted by Gasteiger charge is -2.27. The Labute approximate surface area is 132 Å². The number of hydrogen-bond donors (Lipinski definition) is 0. The Morgan fingerprint density at radius 3 is 2.78 bits per heavy atom. The summed E-state index contributed by atoms with van der Waals surface area (Å²) in [5.41, 5.74) is 0.352. The summed E-state index contributed by atoms with van der Waals surface area (Å²) in [6.45, 7) is 2.22. The molecule has 1 aliphatic rings. The molecule has 0 radical (unpaired) electrons. The second kappa shape index (κ2) is 5.99. The first-order chi connectivity index (χ1) is 10.8. The molecule has 0 aliphatic carbocycles. The Hall–Kier alpha value is -1.83. The molecule has 1 aliphatic heterocycles. The van der Waals surface area contributed by atoms with E-state index in [2.05, 4.69) is 15.0 Å². The van der Waals surface area contributed by atoms with Gasteiger partial charge in [-0.15, -0.1) is 0 Å². The van der Waals surface area contributed by atoms with Gasteiger partial charge in [0.15, 0.2) is 5.69 Å². The molecule has 0 saturated heterocycles. The first-order valence-electron chi connectivity index (χ1n) is 7.60. The van der Waals surface area contributed by atoms with Crippen molar-refractivity contribution in [1.29, 1.82) is 0 Å². The van der Waals surface area contributed by atoms with Gasteiger partial charge in [0.05, 0.1) is 6.20 Å². The van der Waals surface area contributed by atoms with Crippen LogP contribution in [0.15, 0.2) is 18.6 Å². The normalized spacial score (nSPS) is 18.4. The minimum atomic E-state index is -4.36. The van der Waals surface area contributed by atoms with Crippen molar-refractivity contribution in [2.45, 2.75) is 32.1 Å². The van der Waals surface area contributed by atoms with Crippen LogP contribution in [0.2, 0.25) is 0 Å². The van der Waals surface area contributed by atoms with Crippen molar-refractivity contribution in [1.82, 2.24) is 24.2 Å². The fourth-order valence-electron chi connectivity index (χ4n) is 3.17. The van der Waals surface area contributed by atoms with E-state index in [-0.39, 0.29) is 0 Å². The summed E-state index contributed by atoms with van der Waals surface area (Å²) < 4.78 is 41.6. The predicted molar refractivity (Wildman–Crippen MR) is 78.6 cm³/mol. The maximum Gasteiger partial charge on any atom is 0.434 e. The molecular formula is C15H20F3N5. The second-order valence-electron chi connectivity index (χ2n) is 6.32. The number of aromatic nitrogens is 4. The zero-order valence-electron chi connectivity index (χ0n) is 13.2. The largest absolute Gasteiger partial charge is 0.434 e.